The Bertz CT molecular complexity index is 336. The molecule has 5 nitrogen and oxygen atoms in total. The van der Waals surface area contributed by atoms with Gasteiger partial charge in [-0.1, -0.05) is 0 Å². The fourth-order valence-electron chi connectivity index (χ4n) is 1.10. The molecule has 1 atom stereocenters. The molecule has 0 saturated carbocycles. The average molecular weight is 223 g/mol. The molecule has 0 spiro atoms. The highest BCUT2D eigenvalue weighted by Crippen LogP contribution is 2.14. The molecule has 0 aromatic heterocycles. The van der Waals surface area contributed by atoms with Gasteiger partial charge in [-0.15, -0.1) is 0 Å². The van der Waals surface area contributed by atoms with Crippen LogP contribution in [-0.4, -0.2) is 25.7 Å². The fraction of sp³-hybridized carbons (Fsp3) is 0.364. The van der Waals surface area contributed by atoms with Gasteiger partial charge in [0, 0.05) is 18.3 Å². The van der Waals surface area contributed by atoms with Gasteiger partial charge in [-0.25, -0.2) is 4.79 Å². The number of anilines is 1. The number of rotatable bonds is 4. The molecule has 1 rings (SSSR count). The Labute approximate surface area is 95.0 Å². The van der Waals surface area contributed by atoms with Crippen LogP contribution in [0.1, 0.15) is 6.92 Å². The Hall–Kier alpha value is -1.75. The number of ether oxygens (including phenoxy) is 1. The molecule has 0 saturated heterocycles. The lowest BCUT2D eigenvalue weighted by Gasteiger charge is -2.09. The number of nitrogens with one attached hydrogen (secondary N) is 2. The van der Waals surface area contributed by atoms with Gasteiger partial charge in [0.2, 0.25) is 0 Å². The minimum atomic E-state index is -0.262. The van der Waals surface area contributed by atoms with Crippen LogP contribution in [0, 0.1) is 0 Å². The molecule has 0 aliphatic carbocycles. The van der Waals surface area contributed by atoms with Crippen LogP contribution in [0.2, 0.25) is 0 Å². The Morgan fingerprint density at radius 3 is 2.56 bits per heavy atom. The first-order valence-corrected chi connectivity index (χ1v) is 5.06. The number of methoxy groups -OCH3 is 1. The quantitative estimate of drug-likeness (QED) is 0.717. The molecule has 0 radical (unpaired) electrons. The van der Waals surface area contributed by atoms with Crippen molar-refractivity contribution in [3.8, 4) is 5.75 Å². The summed E-state index contributed by atoms with van der Waals surface area (Å²) in [4.78, 5) is 11.4. The van der Waals surface area contributed by atoms with Gasteiger partial charge in [0.15, 0.2) is 0 Å². The summed E-state index contributed by atoms with van der Waals surface area (Å²) in [5.41, 5.74) is 6.22. The monoisotopic (exact) mass is 223 g/mol. The molecule has 0 aliphatic rings. The minimum absolute atomic E-state index is 0.0541. The van der Waals surface area contributed by atoms with Crippen LogP contribution in [0.25, 0.3) is 0 Å². The highest BCUT2D eigenvalue weighted by Gasteiger charge is 2.02. The number of benzene rings is 1. The first-order chi connectivity index (χ1) is 7.61. The number of carbonyl (C=O) groups is 1. The third-order valence-corrected chi connectivity index (χ3v) is 1.93. The normalized spacial score (nSPS) is 11.7. The van der Waals surface area contributed by atoms with E-state index >= 15 is 0 Å². The van der Waals surface area contributed by atoms with E-state index in [-0.39, 0.29) is 12.1 Å². The van der Waals surface area contributed by atoms with Gasteiger partial charge in [-0.05, 0) is 31.2 Å². The predicted molar refractivity (Wildman–Crippen MR) is 63.7 cm³/mol. The van der Waals surface area contributed by atoms with E-state index in [2.05, 4.69) is 10.6 Å². The minimum Gasteiger partial charge on any atom is -0.497 e. The number of hydrogen-bond acceptors (Lipinski definition) is 3. The molecular weight excluding hydrogens is 206 g/mol. The van der Waals surface area contributed by atoms with Gasteiger partial charge >= 0.3 is 6.03 Å². The van der Waals surface area contributed by atoms with Crippen LogP contribution in [0.3, 0.4) is 0 Å². The van der Waals surface area contributed by atoms with Crippen molar-refractivity contribution in [3.63, 3.8) is 0 Å². The zero-order chi connectivity index (χ0) is 12.0. The van der Waals surface area contributed by atoms with Gasteiger partial charge in [0.1, 0.15) is 5.75 Å². The Kier molecular flexibility index (Phi) is 4.60. The number of hydrogen-bond donors (Lipinski definition) is 3. The first-order valence-electron chi connectivity index (χ1n) is 5.06. The number of amides is 2. The van der Waals surface area contributed by atoms with Crippen molar-refractivity contribution >= 4 is 11.7 Å². The van der Waals surface area contributed by atoms with Crippen LogP contribution in [0.15, 0.2) is 24.3 Å². The Morgan fingerprint density at radius 1 is 1.44 bits per heavy atom. The lowest BCUT2D eigenvalue weighted by atomic mass is 10.3. The summed E-state index contributed by atoms with van der Waals surface area (Å²) < 4.78 is 5.01. The topological polar surface area (TPSA) is 76.4 Å². The number of nitrogens with two attached hydrogens (primary N) is 1. The van der Waals surface area contributed by atoms with Crippen LogP contribution in [0.5, 0.6) is 5.75 Å². The van der Waals surface area contributed by atoms with E-state index < -0.39 is 0 Å². The summed E-state index contributed by atoms with van der Waals surface area (Å²) in [6, 6.07) is 6.78. The summed E-state index contributed by atoms with van der Waals surface area (Å²) in [5.74, 6) is 0.751. The summed E-state index contributed by atoms with van der Waals surface area (Å²) in [6.45, 7) is 2.27. The molecule has 0 fully saturated rings. The third kappa shape index (κ3) is 4.18. The van der Waals surface area contributed by atoms with Crippen molar-refractivity contribution < 1.29 is 9.53 Å². The number of carbonyl (C=O) groups excluding carboxylic acids is 1. The Balaban J connectivity index is 2.43. The smallest absolute Gasteiger partial charge is 0.319 e. The van der Waals surface area contributed by atoms with Crippen LogP contribution in [-0.2, 0) is 0 Å². The number of urea groups is 1. The maximum atomic E-state index is 11.4. The van der Waals surface area contributed by atoms with E-state index in [1.165, 1.54) is 0 Å². The van der Waals surface area contributed by atoms with E-state index in [1.807, 2.05) is 6.92 Å². The standard InChI is InChI=1S/C11H17N3O2/c1-8(12)7-13-11(15)14-9-3-5-10(16-2)6-4-9/h3-6,8H,7,12H2,1-2H3,(H2,13,14,15). The van der Waals surface area contributed by atoms with E-state index in [0.29, 0.717) is 12.2 Å². The molecule has 0 heterocycles. The van der Waals surface area contributed by atoms with Gasteiger partial charge in [0.25, 0.3) is 0 Å². The molecule has 1 aromatic carbocycles. The maximum absolute atomic E-state index is 11.4. The largest absolute Gasteiger partial charge is 0.497 e. The van der Waals surface area contributed by atoms with Gasteiger partial charge < -0.3 is 21.1 Å². The van der Waals surface area contributed by atoms with Crippen molar-refractivity contribution in [1.29, 1.82) is 0 Å². The predicted octanol–water partition coefficient (Wildman–Crippen LogP) is 1.16. The molecule has 16 heavy (non-hydrogen) atoms. The first kappa shape index (κ1) is 12.3. The lowest BCUT2D eigenvalue weighted by Crippen LogP contribution is -2.37. The summed E-state index contributed by atoms with van der Waals surface area (Å²) >= 11 is 0. The molecular formula is C11H17N3O2. The molecule has 2 amide bonds. The van der Waals surface area contributed by atoms with Crippen molar-refractivity contribution in [1.82, 2.24) is 5.32 Å². The van der Waals surface area contributed by atoms with E-state index in [9.17, 15) is 4.79 Å². The van der Waals surface area contributed by atoms with Crippen LogP contribution < -0.4 is 21.1 Å². The lowest BCUT2D eigenvalue weighted by molar-refractivity contribution is 0.251. The molecule has 5 heteroatoms. The Morgan fingerprint density at radius 2 is 2.06 bits per heavy atom. The van der Waals surface area contributed by atoms with E-state index in [4.69, 9.17) is 10.5 Å². The summed E-state index contributed by atoms with van der Waals surface area (Å²) in [7, 11) is 1.60. The van der Waals surface area contributed by atoms with Gasteiger partial charge in [-0.3, -0.25) is 0 Å². The second-order valence-corrected chi connectivity index (χ2v) is 3.54. The zero-order valence-corrected chi connectivity index (χ0v) is 9.49. The van der Waals surface area contributed by atoms with Gasteiger partial charge in [-0.2, -0.15) is 0 Å². The second kappa shape index (κ2) is 5.97. The SMILES string of the molecule is COc1ccc(NC(=O)NCC(C)N)cc1. The van der Waals surface area contributed by atoms with Crippen LogP contribution >= 0.6 is 0 Å². The molecule has 4 N–H and O–H groups in total. The van der Waals surface area contributed by atoms with E-state index in [0.717, 1.165) is 5.75 Å². The van der Waals surface area contributed by atoms with Crippen molar-refractivity contribution in [2.75, 3.05) is 19.0 Å². The fourth-order valence-corrected chi connectivity index (χ4v) is 1.10. The zero-order valence-electron chi connectivity index (χ0n) is 9.49. The van der Waals surface area contributed by atoms with Crippen LogP contribution in [0.4, 0.5) is 10.5 Å². The average Bonchev–Trinajstić information content (AvgIpc) is 2.27. The van der Waals surface area contributed by atoms with Gasteiger partial charge in [0.05, 0.1) is 7.11 Å². The summed E-state index contributed by atoms with van der Waals surface area (Å²) in [5, 5.41) is 5.34. The van der Waals surface area contributed by atoms with Crippen molar-refractivity contribution in [3.05, 3.63) is 24.3 Å². The molecule has 0 aliphatic heterocycles. The summed E-state index contributed by atoms with van der Waals surface area (Å²) in [6.07, 6.45) is 0. The highest BCUT2D eigenvalue weighted by molar-refractivity contribution is 5.89. The van der Waals surface area contributed by atoms with Crippen molar-refractivity contribution in [2.45, 2.75) is 13.0 Å². The molecule has 1 unspecified atom stereocenters. The highest BCUT2D eigenvalue weighted by atomic mass is 16.5. The van der Waals surface area contributed by atoms with Crippen molar-refractivity contribution in [2.24, 2.45) is 5.73 Å². The maximum Gasteiger partial charge on any atom is 0.319 e. The second-order valence-electron chi connectivity index (χ2n) is 3.54. The third-order valence-electron chi connectivity index (χ3n) is 1.93. The molecule has 0 bridgehead atoms. The van der Waals surface area contributed by atoms with E-state index in [1.54, 1.807) is 31.4 Å². The molecule has 88 valence electrons. The molecule has 1 aromatic rings.